The summed E-state index contributed by atoms with van der Waals surface area (Å²) in [6, 6.07) is 6.06. The smallest absolute Gasteiger partial charge is 0.338 e. The van der Waals surface area contributed by atoms with Crippen molar-refractivity contribution in [3.8, 4) is 0 Å². The monoisotopic (exact) mass is 346 g/mol. The van der Waals surface area contributed by atoms with Crippen LogP contribution in [0.5, 0.6) is 0 Å². The molecule has 0 spiro atoms. The molecule has 1 aliphatic heterocycles. The zero-order valence-electron chi connectivity index (χ0n) is 14.8. The predicted molar refractivity (Wildman–Crippen MR) is 90.9 cm³/mol. The van der Waals surface area contributed by atoms with Gasteiger partial charge >= 0.3 is 5.97 Å². The van der Waals surface area contributed by atoms with E-state index in [0.717, 1.165) is 4.90 Å². The fourth-order valence-electron chi connectivity index (χ4n) is 2.39. The number of anilines is 1. The summed E-state index contributed by atoms with van der Waals surface area (Å²) >= 11 is 0. The number of carbonyl (C=O) groups excluding carboxylic acids is 4. The summed E-state index contributed by atoms with van der Waals surface area (Å²) in [6.45, 7) is 6.96. The quantitative estimate of drug-likeness (QED) is 0.663. The van der Waals surface area contributed by atoms with E-state index in [1.54, 1.807) is 12.1 Å². The maximum atomic E-state index is 12.3. The van der Waals surface area contributed by atoms with Gasteiger partial charge in [-0.05, 0) is 45.9 Å². The molecule has 0 aromatic heterocycles. The van der Waals surface area contributed by atoms with Gasteiger partial charge in [-0.1, -0.05) is 6.07 Å². The van der Waals surface area contributed by atoms with Crippen LogP contribution in [0.2, 0.25) is 0 Å². The van der Waals surface area contributed by atoms with Crippen molar-refractivity contribution in [3.63, 3.8) is 0 Å². The Morgan fingerprint density at radius 3 is 2.32 bits per heavy atom. The summed E-state index contributed by atoms with van der Waals surface area (Å²) in [5.41, 5.74) is 0.0582. The van der Waals surface area contributed by atoms with Crippen molar-refractivity contribution in [1.29, 1.82) is 0 Å². The Balaban J connectivity index is 2.10. The Labute approximate surface area is 146 Å². The van der Waals surface area contributed by atoms with Crippen LogP contribution in [-0.4, -0.2) is 35.3 Å². The van der Waals surface area contributed by atoms with E-state index in [4.69, 9.17) is 4.74 Å². The molecule has 2 rings (SSSR count). The standard InChI is InChI=1S/C18H22N2O5/c1-11(16(23)19-18(2,3)4)25-17(24)12-6-5-7-13(10-12)20-14(21)8-9-15(20)22/h5-7,10-11H,8-9H2,1-4H3,(H,19,23)/t11-/m0/s1. The number of carbonyl (C=O) groups is 4. The van der Waals surface area contributed by atoms with E-state index in [1.807, 2.05) is 20.8 Å². The van der Waals surface area contributed by atoms with Crippen LogP contribution in [0.4, 0.5) is 5.69 Å². The summed E-state index contributed by atoms with van der Waals surface area (Å²) in [6.07, 6.45) is -0.639. The van der Waals surface area contributed by atoms with Crippen LogP contribution in [0.3, 0.4) is 0 Å². The van der Waals surface area contributed by atoms with Gasteiger partial charge in [-0.25, -0.2) is 4.79 Å². The molecule has 1 aromatic carbocycles. The minimum Gasteiger partial charge on any atom is -0.449 e. The van der Waals surface area contributed by atoms with Gasteiger partial charge in [-0.15, -0.1) is 0 Å². The van der Waals surface area contributed by atoms with Gasteiger partial charge in [0, 0.05) is 18.4 Å². The molecule has 1 saturated heterocycles. The average Bonchev–Trinajstić information content (AvgIpc) is 2.84. The highest BCUT2D eigenvalue weighted by Crippen LogP contribution is 2.23. The van der Waals surface area contributed by atoms with Gasteiger partial charge in [-0.3, -0.25) is 19.3 Å². The fourth-order valence-corrected chi connectivity index (χ4v) is 2.39. The van der Waals surface area contributed by atoms with Crippen LogP contribution in [0.1, 0.15) is 50.9 Å². The van der Waals surface area contributed by atoms with Crippen LogP contribution >= 0.6 is 0 Å². The highest BCUT2D eigenvalue weighted by atomic mass is 16.5. The largest absolute Gasteiger partial charge is 0.449 e. The van der Waals surface area contributed by atoms with E-state index in [9.17, 15) is 19.2 Å². The summed E-state index contributed by atoms with van der Waals surface area (Å²) < 4.78 is 5.18. The first-order chi connectivity index (χ1) is 11.6. The minimum absolute atomic E-state index is 0.164. The first-order valence-corrected chi connectivity index (χ1v) is 8.07. The zero-order chi connectivity index (χ0) is 18.8. The third-order valence-corrected chi connectivity index (χ3v) is 3.54. The molecule has 3 amide bonds. The average molecular weight is 346 g/mol. The van der Waals surface area contributed by atoms with Gasteiger partial charge in [-0.2, -0.15) is 0 Å². The molecular weight excluding hydrogens is 324 g/mol. The van der Waals surface area contributed by atoms with Crippen LogP contribution in [0.15, 0.2) is 24.3 Å². The Kier molecular flexibility index (Phi) is 5.25. The van der Waals surface area contributed by atoms with Gasteiger partial charge in [0.1, 0.15) is 0 Å². The molecule has 0 aliphatic carbocycles. The lowest BCUT2D eigenvalue weighted by atomic mass is 10.1. The van der Waals surface area contributed by atoms with Crippen molar-refractivity contribution in [1.82, 2.24) is 5.32 Å². The number of hydrogen-bond donors (Lipinski definition) is 1. The van der Waals surface area contributed by atoms with Crippen LogP contribution in [0, 0.1) is 0 Å². The van der Waals surface area contributed by atoms with Crippen LogP contribution in [0.25, 0.3) is 0 Å². The number of amides is 3. The third kappa shape index (κ3) is 4.65. The molecule has 134 valence electrons. The molecule has 1 N–H and O–H groups in total. The number of hydrogen-bond acceptors (Lipinski definition) is 5. The number of ether oxygens (including phenoxy) is 1. The van der Waals surface area contributed by atoms with E-state index < -0.39 is 23.5 Å². The third-order valence-electron chi connectivity index (χ3n) is 3.54. The first-order valence-electron chi connectivity index (χ1n) is 8.07. The van der Waals surface area contributed by atoms with E-state index in [0.29, 0.717) is 5.69 Å². The predicted octanol–water partition coefficient (Wildman–Crippen LogP) is 1.80. The fraction of sp³-hybridized carbons (Fsp3) is 0.444. The van der Waals surface area contributed by atoms with E-state index >= 15 is 0 Å². The second-order valence-corrected chi connectivity index (χ2v) is 6.96. The molecule has 0 bridgehead atoms. The Hall–Kier alpha value is -2.70. The lowest BCUT2D eigenvalue weighted by Crippen LogP contribution is -2.46. The number of esters is 1. The van der Waals surface area contributed by atoms with Crippen molar-refractivity contribution < 1.29 is 23.9 Å². The van der Waals surface area contributed by atoms with Gasteiger partial charge in [0.2, 0.25) is 11.8 Å². The number of imide groups is 1. The first kappa shape index (κ1) is 18.6. The molecule has 1 aromatic rings. The number of nitrogens with one attached hydrogen (secondary N) is 1. The van der Waals surface area contributed by atoms with Gasteiger partial charge in [0.25, 0.3) is 5.91 Å². The van der Waals surface area contributed by atoms with Crippen molar-refractivity contribution in [2.45, 2.75) is 52.2 Å². The normalized spacial score (nSPS) is 15.9. The molecule has 1 fully saturated rings. The van der Waals surface area contributed by atoms with E-state index in [1.165, 1.54) is 19.1 Å². The molecule has 1 atom stereocenters. The SMILES string of the molecule is C[C@H](OC(=O)c1cccc(N2C(=O)CCC2=O)c1)C(=O)NC(C)(C)C. The lowest BCUT2D eigenvalue weighted by Gasteiger charge is -2.23. The van der Waals surface area contributed by atoms with Crippen molar-refractivity contribution >= 4 is 29.4 Å². The maximum absolute atomic E-state index is 12.3. The summed E-state index contributed by atoms with van der Waals surface area (Å²) in [5, 5.41) is 2.73. The molecule has 7 nitrogen and oxygen atoms in total. The van der Waals surface area contributed by atoms with Gasteiger partial charge < -0.3 is 10.1 Å². The summed E-state index contributed by atoms with van der Waals surface area (Å²) in [7, 11) is 0. The number of nitrogens with zero attached hydrogens (tertiary/aromatic N) is 1. The molecule has 0 saturated carbocycles. The molecule has 1 aliphatic rings. The van der Waals surface area contributed by atoms with Crippen molar-refractivity contribution in [2.24, 2.45) is 0 Å². The second kappa shape index (κ2) is 7.04. The lowest BCUT2D eigenvalue weighted by molar-refractivity contribution is -0.130. The molecule has 0 unspecified atom stereocenters. The summed E-state index contributed by atoms with van der Waals surface area (Å²) in [5.74, 6) is -1.69. The maximum Gasteiger partial charge on any atom is 0.338 e. The molecule has 1 heterocycles. The number of rotatable bonds is 4. The molecule has 0 radical (unpaired) electrons. The molecule has 7 heteroatoms. The Morgan fingerprint density at radius 1 is 1.16 bits per heavy atom. The van der Waals surface area contributed by atoms with Crippen LogP contribution < -0.4 is 10.2 Å². The van der Waals surface area contributed by atoms with Crippen LogP contribution in [-0.2, 0) is 19.1 Å². The Morgan fingerprint density at radius 2 is 1.76 bits per heavy atom. The highest BCUT2D eigenvalue weighted by molar-refractivity contribution is 6.20. The molecular formula is C18H22N2O5. The summed E-state index contributed by atoms with van der Waals surface area (Å²) in [4.78, 5) is 48.9. The minimum atomic E-state index is -0.967. The van der Waals surface area contributed by atoms with Gasteiger partial charge in [0.15, 0.2) is 6.10 Å². The van der Waals surface area contributed by atoms with Crippen molar-refractivity contribution in [2.75, 3.05) is 4.90 Å². The Bertz CT molecular complexity index is 704. The van der Waals surface area contributed by atoms with E-state index in [-0.39, 0.29) is 30.2 Å². The van der Waals surface area contributed by atoms with E-state index in [2.05, 4.69) is 5.32 Å². The topological polar surface area (TPSA) is 92.8 Å². The number of benzene rings is 1. The highest BCUT2D eigenvalue weighted by Gasteiger charge is 2.31. The van der Waals surface area contributed by atoms with Gasteiger partial charge in [0.05, 0.1) is 11.3 Å². The second-order valence-electron chi connectivity index (χ2n) is 6.96. The molecule has 25 heavy (non-hydrogen) atoms. The van der Waals surface area contributed by atoms with Crippen molar-refractivity contribution in [3.05, 3.63) is 29.8 Å². The zero-order valence-corrected chi connectivity index (χ0v) is 14.8.